The van der Waals surface area contributed by atoms with Gasteiger partial charge in [0, 0.05) is 42.5 Å². The summed E-state index contributed by atoms with van der Waals surface area (Å²) < 4.78 is 11.8. The molecule has 2 aromatic rings. The van der Waals surface area contributed by atoms with Gasteiger partial charge in [0.1, 0.15) is 0 Å². The van der Waals surface area contributed by atoms with Crippen LogP contribution in [-0.2, 0) is 12.8 Å². The molecule has 0 bridgehead atoms. The Hall–Kier alpha value is -2.50. The van der Waals surface area contributed by atoms with Crippen LogP contribution in [0.1, 0.15) is 36.9 Å². The minimum Gasteiger partial charge on any atom is -0.493 e. The zero-order valence-electron chi connectivity index (χ0n) is 17.2. The molecule has 1 N–H and O–H groups in total. The number of anilines is 1. The van der Waals surface area contributed by atoms with E-state index in [4.69, 9.17) is 14.5 Å². The van der Waals surface area contributed by atoms with Gasteiger partial charge in [0.05, 0.1) is 32.1 Å². The summed E-state index contributed by atoms with van der Waals surface area (Å²) in [6, 6.07) is 4.17. The molecule has 0 saturated heterocycles. The normalized spacial score (nSPS) is 17.8. The van der Waals surface area contributed by atoms with Gasteiger partial charge in [-0.15, -0.1) is 0 Å². The number of ether oxygens (including phenoxy) is 2. The number of fused-ring (bicyclic) bond motifs is 2. The summed E-state index contributed by atoms with van der Waals surface area (Å²) in [7, 11) is 1.72. The number of hydrogen-bond acceptors (Lipinski definition) is 6. The quantitative estimate of drug-likeness (QED) is 0.658. The predicted octanol–water partition coefficient (Wildman–Crippen LogP) is 3.67. The minimum absolute atomic E-state index is 0.657. The van der Waals surface area contributed by atoms with E-state index in [1.54, 1.807) is 7.11 Å². The fourth-order valence-electron chi connectivity index (χ4n) is 4.35. The minimum atomic E-state index is 0.657. The average Bonchev–Trinajstić information content (AvgIpc) is 3.20. The van der Waals surface area contributed by atoms with Crippen molar-refractivity contribution in [3.63, 3.8) is 0 Å². The lowest BCUT2D eigenvalue weighted by Gasteiger charge is -2.18. The maximum Gasteiger partial charge on any atom is 0.163 e. The van der Waals surface area contributed by atoms with E-state index in [1.807, 2.05) is 6.34 Å². The summed E-state index contributed by atoms with van der Waals surface area (Å²) in [5, 5.41) is 4.91. The van der Waals surface area contributed by atoms with Gasteiger partial charge in [-0.2, -0.15) is 0 Å². The Morgan fingerprint density at radius 1 is 1.21 bits per heavy atom. The number of benzene rings is 1. The first-order chi connectivity index (χ1) is 14.3. The van der Waals surface area contributed by atoms with E-state index >= 15 is 0 Å². The second kappa shape index (κ2) is 8.09. The zero-order valence-corrected chi connectivity index (χ0v) is 17.2. The molecule has 1 fully saturated rings. The molecule has 6 nitrogen and oxygen atoms in total. The van der Waals surface area contributed by atoms with Gasteiger partial charge in [0.2, 0.25) is 0 Å². The SMILES string of the molecule is COc1cc2c(NCC3CC3)c3c(nc2cc1OCCCN1C=NCC1)CCC3. The highest BCUT2D eigenvalue weighted by atomic mass is 16.5. The molecule has 2 aliphatic carbocycles. The van der Waals surface area contributed by atoms with Crippen LogP contribution in [-0.4, -0.2) is 56.1 Å². The van der Waals surface area contributed by atoms with Crippen molar-refractivity contribution in [3.8, 4) is 11.5 Å². The Morgan fingerprint density at radius 2 is 2.14 bits per heavy atom. The molecule has 1 aromatic heterocycles. The summed E-state index contributed by atoms with van der Waals surface area (Å²) in [6.45, 7) is 4.62. The van der Waals surface area contributed by atoms with Crippen molar-refractivity contribution in [2.24, 2.45) is 10.9 Å². The lowest BCUT2D eigenvalue weighted by atomic mass is 10.1. The molecule has 1 saturated carbocycles. The Bertz CT molecular complexity index is 923. The molecule has 0 radical (unpaired) electrons. The van der Waals surface area contributed by atoms with Crippen LogP contribution in [0.2, 0.25) is 0 Å². The van der Waals surface area contributed by atoms with E-state index < -0.39 is 0 Å². The lowest BCUT2D eigenvalue weighted by Crippen LogP contribution is -2.22. The summed E-state index contributed by atoms with van der Waals surface area (Å²) >= 11 is 0. The van der Waals surface area contributed by atoms with Crippen molar-refractivity contribution >= 4 is 22.9 Å². The highest BCUT2D eigenvalue weighted by Crippen LogP contribution is 2.40. The number of nitrogens with one attached hydrogen (secondary N) is 1. The van der Waals surface area contributed by atoms with Crippen molar-refractivity contribution in [2.75, 3.05) is 45.2 Å². The number of nitrogens with zero attached hydrogens (tertiary/aromatic N) is 3. The third-order valence-corrected chi connectivity index (χ3v) is 6.17. The topological polar surface area (TPSA) is 59.0 Å². The summed E-state index contributed by atoms with van der Waals surface area (Å²) in [4.78, 5) is 11.5. The molecule has 2 heterocycles. The van der Waals surface area contributed by atoms with Crippen molar-refractivity contribution in [3.05, 3.63) is 23.4 Å². The van der Waals surface area contributed by atoms with Crippen molar-refractivity contribution in [2.45, 2.75) is 38.5 Å². The number of pyridine rings is 1. The van der Waals surface area contributed by atoms with E-state index in [1.165, 1.54) is 36.2 Å². The molecule has 0 unspecified atom stereocenters. The number of rotatable bonds is 9. The van der Waals surface area contributed by atoms with Gasteiger partial charge in [-0.1, -0.05) is 0 Å². The molecular weight excluding hydrogens is 364 g/mol. The first kappa shape index (κ1) is 18.5. The first-order valence-corrected chi connectivity index (χ1v) is 11.0. The molecule has 5 rings (SSSR count). The number of aliphatic imine (C=N–C) groups is 1. The summed E-state index contributed by atoms with van der Waals surface area (Å²) in [5.41, 5.74) is 4.93. The van der Waals surface area contributed by atoms with Gasteiger partial charge in [-0.3, -0.25) is 9.98 Å². The van der Waals surface area contributed by atoms with Crippen LogP contribution in [0, 0.1) is 5.92 Å². The van der Waals surface area contributed by atoms with Crippen LogP contribution < -0.4 is 14.8 Å². The Labute approximate surface area is 172 Å². The van der Waals surface area contributed by atoms with Gasteiger partial charge in [-0.25, -0.2) is 0 Å². The van der Waals surface area contributed by atoms with Crippen LogP contribution in [0.5, 0.6) is 11.5 Å². The standard InChI is InChI=1S/C23H30N4O2/c1-28-21-12-18-20(13-22(21)29-11-3-9-27-10-8-24-15-27)26-19-5-2-4-17(19)23(18)25-14-16-6-7-16/h12-13,15-16H,2-11,14H2,1H3,(H,25,26). The van der Waals surface area contributed by atoms with Gasteiger partial charge in [-0.05, 0) is 56.1 Å². The van der Waals surface area contributed by atoms with Crippen LogP contribution in [0.3, 0.4) is 0 Å². The smallest absolute Gasteiger partial charge is 0.163 e. The van der Waals surface area contributed by atoms with Gasteiger partial charge < -0.3 is 19.7 Å². The number of methoxy groups -OCH3 is 1. The van der Waals surface area contributed by atoms with Crippen LogP contribution in [0.25, 0.3) is 10.9 Å². The number of aromatic nitrogens is 1. The number of aryl methyl sites for hydroxylation is 1. The van der Waals surface area contributed by atoms with E-state index in [9.17, 15) is 0 Å². The van der Waals surface area contributed by atoms with E-state index in [0.29, 0.717) is 6.61 Å². The largest absolute Gasteiger partial charge is 0.493 e. The van der Waals surface area contributed by atoms with E-state index in [0.717, 1.165) is 73.8 Å². The molecule has 3 aliphatic rings. The first-order valence-electron chi connectivity index (χ1n) is 11.0. The summed E-state index contributed by atoms with van der Waals surface area (Å²) in [5.74, 6) is 2.41. The molecule has 6 heteroatoms. The second-order valence-electron chi connectivity index (χ2n) is 8.37. The monoisotopic (exact) mass is 394 g/mol. The van der Waals surface area contributed by atoms with Crippen LogP contribution >= 0.6 is 0 Å². The molecular formula is C23H30N4O2. The van der Waals surface area contributed by atoms with Crippen molar-refractivity contribution in [1.29, 1.82) is 0 Å². The van der Waals surface area contributed by atoms with E-state index in [2.05, 4.69) is 27.3 Å². The number of hydrogen-bond donors (Lipinski definition) is 1. The van der Waals surface area contributed by atoms with Gasteiger partial charge in [0.15, 0.2) is 11.5 Å². The summed E-state index contributed by atoms with van der Waals surface area (Å²) in [6.07, 6.45) is 8.98. The van der Waals surface area contributed by atoms with Crippen LogP contribution in [0.4, 0.5) is 5.69 Å². The van der Waals surface area contributed by atoms with E-state index in [-0.39, 0.29) is 0 Å². The Kier molecular flexibility index (Phi) is 5.17. The molecule has 29 heavy (non-hydrogen) atoms. The lowest BCUT2D eigenvalue weighted by molar-refractivity contribution is 0.276. The fourth-order valence-corrected chi connectivity index (χ4v) is 4.35. The molecule has 0 atom stereocenters. The molecule has 1 aromatic carbocycles. The molecule has 0 spiro atoms. The Morgan fingerprint density at radius 3 is 2.93 bits per heavy atom. The third kappa shape index (κ3) is 3.98. The maximum absolute atomic E-state index is 6.11. The van der Waals surface area contributed by atoms with Gasteiger partial charge in [0.25, 0.3) is 0 Å². The zero-order chi connectivity index (χ0) is 19.6. The average molecular weight is 395 g/mol. The molecule has 0 amide bonds. The second-order valence-corrected chi connectivity index (χ2v) is 8.37. The van der Waals surface area contributed by atoms with Crippen molar-refractivity contribution < 1.29 is 9.47 Å². The molecule has 154 valence electrons. The highest BCUT2D eigenvalue weighted by molar-refractivity contribution is 5.96. The Balaban J connectivity index is 1.38. The molecule has 1 aliphatic heterocycles. The van der Waals surface area contributed by atoms with Crippen LogP contribution in [0.15, 0.2) is 17.1 Å². The van der Waals surface area contributed by atoms with Gasteiger partial charge >= 0.3 is 0 Å². The predicted molar refractivity (Wildman–Crippen MR) is 117 cm³/mol. The highest BCUT2D eigenvalue weighted by Gasteiger charge is 2.25. The fraction of sp³-hybridized carbons (Fsp3) is 0.565. The maximum atomic E-state index is 6.11. The third-order valence-electron chi connectivity index (χ3n) is 6.17. The van der Waals surface area contributed by atoms with Crippen molar-refractivity contribution in [1.82, 2.24) is 9.88 Å².